The minimum absolute atomic E-state index is 0.206. The minimum Gasteiger partial charge on any atom is -0.489 e. The summed E-state index contributed by atoms with van der Waals surface area (Å²) in [5.41, 5.74) is 3.24. The van der Waals surface area contributed by atoms with E-state index in [9.17, 15) is 5.11 Å². The van der Waals surface area contributed by atoms with Gasteiger partial charge in [0.25, 0.3) is 0 Å². The van der Waals surface area contributed by atoms with E-state index in [1.807, 2.05) is 38.1 Å². The molecule has 0 aromatic heterocycles. The summed E-state index contributed by atoms with van der Waals surface area (Å²) in [5, 5.41) is 19.1. The third-order valence-electron chi connectivity index (χ3n) is 3.29. The molecule has 1 unspecified atom stereocenters. The molecule has 3 nitrogen and oxygen atoms in total. The third kappa shape index (κ3) is 3.55. The van der Waals surface area contributed by atoms with Crippen LogP contribution in [0.3, 0.4) is 0 Å². The van der Waals surface area contributed by atoms with Crippen molar-refractivity contribution in [3.63, 3.8) is 0 Å². The molecule has 0 bridgehead atoms. The fraction of sp³-hybridized carbons (Fsp3) is 0.235. The maximum Gasteiger partial charge on any atom is 0.166 e. The van der Waals surface area contributed by atoms with Crippen LogP contribution in [0, 0.1) is 25.2 Å². The first-order valence-electron chi connectivity index (χ1n) is 6.58. The lowest BCUT2D eigenvalue weighted by molar-refractivity contribution is 0.229. The fourth-order valence-electron chi connectivity index (χ4n) is 2.07. The van der Waals surface area contributed by atoms with Crippen LogP contribution < -0.4 is 4.74 Å². The molecule has 108 valence electrons. The molecule has 2 rings (SSSR count). The van der Waals surface area contributed by atoms with E-state index in [1.165, 1.54) is 0 Å². The molecule has 1 atom stereocenters. The van der Waals surface area contributed by atoms with Crippen LogP contribution in [0.15, 0.2) is 36.4 Å². The number of rotatable bonds is 4. The lowest BCUT2D eigenvalue weighted by Crippen LogP contribution is -2.05. The van der Waals surface area contributed by atoms with Crippen molar-refractivity contribution >= 4 is 11.6 Å². The normalized spacial score (nSPS) is 11.8. The molecule has 0 heterocycles. The second-order valence-electron chi connectivity index (χ2n) is 4.90. The molecule has 0 fully saturated rings. The van der Waals surface area contributed by atoms with Crippen molar-refractivity contribution in [3.05, 3.63) is 63.7 Å². The van der Waals surface area contributed by atoms with Crippen LogP contribution in [0.2, 0.25) is 5.02 Å². The standard InChI is InChI=1S/C17H16ClNO2/c1-11-6-7-12(2)17(8-11)21-10-14-13(16(20)9-19)4-3-5-15(14)18/h3-8,16,20H,10H2,1-2H3. The van der Waals surface area contributed by atoms with Gasteiger partial charge in [-0.3, -0.25) is 0 Å². The second-order valence-corrected chi connectivity index (χ2v) is 5.30. The highest BCUT2D eigenvalue weighted by molar-refractivity contribution is 6.31. The number of hydrogen-bond donors (Lipinski definition) is 1. The van der Waals surface area contributed by atoms with Crippen LogP contribution in [0.4, 0.5) is 0 Å². The number of halogens is 1. The van der Waals surface area contributed by atoms with Gasteiger partial charge in [0.1, 0.15) is 12.4 Å². The highest BCUT2D eigenvalue weighted by Gasteiger charge is 2.15. The van der Waals surface area contributed by atoms with E-state index in [-0.39, 0.29) is 6.61 Å². The van der Waals surface area contributed by atoms with Gasteiger partial charge >= 0.3 is 0 Å². The summed E-state index contributed by atoms with van der Waals surface area (Å²) in [6.45, 7) is 4.16. The van der Waals surface area contributed by atoms with E-state index in [2.05, 4.69) is 0 Å². The van der Waals surface area contributed by atoms with Crippen molar-refractivity contribution in [2.75, 3.05) is 0 Å². The Bertz CT molecular complexity index is 692. The van der Waals surface area contributed by atoms with Gasteiger partial charge in [-0.15, -0.1) is 0 Å². The molecule has 2 aromatic carbocycles. The van der Waals surface area contributed by atoms with Crippen molar-refractivity contribution in [3.8, 4) is 11.8 Å². The minimum atomic E-state index is -1.21. The Morgan fingerprint density at radius 3 is 2.76 bits per heavy atom. The Kier molecular flexibility index (Phi) is 4.85. The average molecular weight is 302 g/mol. The first-order valence-corrected chi connectivity index (χ1v) is 6.95. The highest BCUT2D eigenvalue weighted by Crippen LogP contribution is 2.27. The Hall–Kier alpha value is -2.02. The van der Waals surface area contributed by atoms with Gasteiger partial charge in [-0.05, 0) is 37.1 Å². The molecule has 0 spiro atoms. The maximum absolute atomic E-state index is 9.76. The number of ether oxygens (including phenoxy) is 1. The zero-order valence-electron chi connectivity index (χ0n) is 11.9. The summed E-state index contributed by atoms with van der Waals surface area (Å²) in [4.78, 5) is 0. The molecular formula is C17H16ClNO2. The molecule has 0 aliphatic carbocycles. The van der Waals surface area contributed by atoms with Gasteiger partial charge in [0.05, 0.1) is 6.07 Å². The van der Waals surface area contributed by atoms with Crippen molar-refractivity contribution < 1.29 is 9.84 Å². The SMILES string of the molecule is Cc1ccc(C)c(OCc2c(Cl)cccc2C(O)C#N)c1. The Labute approximate surface area is 129 Å². The lowest BCUT2D eigenvalue weighted by Gasteiger charge is -2.15. The third-order valence-corrected chi connectivity index (χ3v) is 3.64. The number of aliphatic hydroxyl groups excluding tert-OH is 1. The quantitative estimate of drug-likeness (QED) is 0.865. The van der Waals surface area contributed by atoms with Crippen molar-refractivity contribution in [1.29, 1.82) is 5.26 Å². The number of benzene rings is 2. The summed E-state index contributed by atoms with van der Waals surface area (Å²) < 4.78 is 5.81. The van der Waals surface area contributed by atoms with E-state index < -0.39 is 6.10 Å². The molecular weight excluding hydrogens is 286 g/mol. The smallest absolute Gasteiger partial charge is 0.166 e. The van der Waals surface area contributed by atoms with Crippen LogP contribution in [0.5, 0.6) is 5.75 Å². The second kappa shape index (κ2) is 6.62. The molecule has 1 N–H and O–H groups in total. The van der Waals surface area contributed by atoms with Crippen LogP contribution in [0.1, 0.15) is 28.4 Å². The van der Waals surface area contributed by atoms with Gasteiger partial charge < -0.3 is 9.84 Å². The van der Waals surface area contributed by atoms with Crippen molar-refractivity contribution in [1.82, 2.24) is 0 Å². The Balaban J connectivity index is 2.28. The fourth-order valence-corrected chi connectivity index (χ4v) is 2.30. The molecule has 0 amide bonds. The number of nitriles is 1. The first kappa shape index (κ1) is 15.4. The van der Waals surface area contributed by atoms with Crippen LogP contribution >= 0.6 is 11.6 Å². The zero-order chi connectivity index (χ0) is 15.4. The van der Waals surface area contributed by atoms with Gasteiger partial charge in [-0.1, -0.05) is 35.9 Å². The maximum atomic E-state index is 9.76. The number of hydrogen-bond acceptors (Lipinski definition) is 3. The topological polar surface area (TPSA) is 53.2 Å². The Morgan fingerprint density at radius 1 is 1.29 bits per heavy atom. The van der Waals surface area contributed by atoms with Gasteiger partial charge in [-0.25, -0.2) is 0 Å². The van der Waals surface area contributed by atoms with E-state index in [0.717, 1.165) is 16.9 Å². The monoisotopic (exact) mass is 301 g/mol. The average Bonchev–Trinajstić information content (AvgIpc) is 2.48. The summed E-state index contributed by atoms with van der Waals surface area (Å²) in [6, 6.07) is 12.9. The number of aryl methyl sites for hydroxylation is 2. The van der Waals surface area contributed by atoms with E-state index in [4.69, 9.17) is 21.6 Å². The summed E-state index contributed by atoms with van der Waals surface area (Å²) in [5.74, 6) is 0.771. The van der Waals surface area contributed by atoms with Crippen LogP contribution in [0.25, 0.3) is 0 Å². The predicted octanol–water partition coefficient (Wildman–Crippen LogP) is 4.09. The van der Waals surface area contributed by atoms with E-state index >= 15 is 0 Å². The number of nitrogens with zero attached hydrogens (tertiary/aromatic N) is 1. The zero-order valence-corrected chi connectivity index (χ0v) is 12.7. The van der Waals surface area contributed by atoms with Crippen LogP contribution in [-0.4, -0.2) is 5.11 Å². The van der Waals surface area contributed by atoms with E-state index in [0.29, 0.717) is 16.1 Å². The van der Waals surface area contributed by atoms with Crippen molar-refractivity contribution in [2.24, 2.45) is 0 Å². The van der Waals surface area contributed by atoms with Crippen molar-refractivity contribution in [2.45, 2.75) is 26.6 Å². The molecule has 0 saturated heterocycles. The van der Waals surface area contributed by atoms with Crippen LogP contribution in [-0.2, 0) is 6.61 Å². The molecule has 0 saturated carbocycles. The lowest BCUT2D eigenvalue weighted by atomic mass is 10.0. The molecule has 2 aromatic rings. The number of aliphatic hydroxyl groups is 1. The largest absolute Gasteiger partial charge is 0.489 e. The predicted molar refractivity (Wildman–Crippen MR) is 82.3 cm³/mol. The Morgan fingerprint density at radius 2 is 2.05 bits per heavy atom. The van der Waals surface area contributed by atoms with Gasteiger partial charge in [0.2, 0.25) is 0 Å². The summed E-state index contributed by atoms with van der Waals surface area (Å²) in [7, 11) is 0. The highest BCUT2D eigenvalue weighted by atomic mass is 35.5. The van der Waals surface area contributed by atoms with Gasteiger partial charge in [0, 0.05) is 16.1 Å². The summed E-state index contributed by atoms with van der Waals surface area (Å²) in [6.07, 6.45) is -1.21. The molecule has 21 heavy (non-hydrogen) atoms. The van der Waals surface area contributed by atoms with Gasteiger partial charge in [-0.2, -0.15) is 5.26 Å². The molecule has 0 radical (unpaired) electrons. The molecule has 0 aliphatic heterocycles. The summed E-state index contributed by atoms with van der Waals surface area (Å²) >= 11 is 6.17. The molecule has 4 heteroatoms. The van der Waals surface area contributed by atoms with Gasteiger partial charge in [0.15, 0.2) is 6.10 Å². The first-order chi connectivity index (χ1) is 10.0. The molecule has 0 aliphatic rings. The van der Waals surface area contributed by atoms with E-state index in [1.54, 1.807) is 18.2 Å².